The molecular weight excluding hydrogens is 158 g/mol. The molecule has 1 amide bonds. The Kier molecular flexibility index (Phi) is 4.85. The third-order valence-corrected chi connectivity index (χ3v) is 1.65. The number of carbonyl (C=O) groups is 1. The summed E-state index contributed by atoms with van der Waals surface area (Å²) in [4.78, 5) is 10.8. The fourth-order valence-corrected chi connectivity index (χ4v) is 1.15. The van der Waals surface area contributed by atoms with Gasteiger partial charge in [-0.05, 0) is 26.7 Å². The van der Waals surface area contributed by atoms with Gasteiger partial charge in [-0.2, -0.15) is 0 Å². The first-order valence-corrected chi connectivity index (χ1v) is 4.09. The van der Waals surface area contributed by atoms with Crippen LogP contribution in [0.3, 0.4) is 0 Å². The van der Waals surface area contributed by atoms with Gasteiger partial charge in [-0.1, -0.05) is 0 Å². The number of hydrogen-bond donors (Lipinski definition) is 3. The Hall–Kier alpha value is -0.610. The number of hydrogen-bond acceptors (Lipinski definition) is 3. The van der Waals surface area contributed by atoms with Crippen LogP contribution in [0.5, 0.6) is 0 Å². The summed E-state index contributed by atoms with van der Waals surface area (Å²) in [6.45, 7) is 3.19. The minimum Gasteiger partial charge on any atom is -0.393 e. The summed E-state index contributed by atoms with van der Waals surface area (Å²) < 4.78 is 0. The molecule has 0 aromatic carbocycles. The van der Waals surface area contributed by atoms with E-state index in [1.165, 1.54) is 0 Å². The zero-order valence-electron chi connectivity index (χ0n) is 7.53. The average Bonchev–Trinajstić information content (AvgIpc) is 1.83. The van der Waals surface area contributed by atoms with Crippen LogP contribution >= 0.6 is 0 Å². The molecule has 0 saturated heterocycles. The maximum atomic E-state index is 10.8. The molecule has 4 nitrogen and oxygen atoms in total. The van der Waals surface area contributed by atoms with Crippen LogP contribution < -0.4 is 5.73 Å². The predicted octanol–water partition coefficient (Wildman–Crippen LogP) is -0.370. The van der Waals surface area contributed by atoms with E-state index < -0.39 is 24.0 Å². The number of aliphatic hydroxyl groups excluding tert-OH is 2. The second-order valence-corrected chi connectivity index (χ2v) is 3.27. The topological polar surface area (TPSA) is 83.6 Å². The zero-order valence-corrected chi connectivity index (χ0v) is 7.53. The number of nitrogens with two attached hydrogens (primary N) is 1. The summed E-state index contributed by atoms with van der Waals surface area (Å²) in [5, 5.41) is 18.0. The molecule has 0 saturated carbocycles. The van der Waals surface area contributed by atoms with E-state index in [1.54, 1.807) is 13.8 Å². The quantitative estimate of drug-likeness (QED) is 0.533. The largest absolute Gasteiger partial charge is 0.393 e. The molecule has 4 N–H and O–H groups in total. The highest BCUT2D eigenvalue weighted by molar-refractivity contribution is 5.76. The summed E-state index contributed by atoms with van der Waals surface area (Å²) in [6, 6.07) is 0. The van der Waals surface area contributed by atoms with Crippen LogP contribution in [0.1, 0.15) is 26.7 Å². The van der Waals surface area contributed by atoms with Gasteiger partial charge in [0.05, 0.1) is 12.2 Å². The van der Waals surface area contributed by atoms with Gasteiger partial charge in [-0.15, -0.1) is 0 Å². The molecule has 0 bridgehead atoms. The Balaban J connectivity index is 3.96. The van der Waals surface area contributed by atoms with Crippen molar-refractivity contribution in [1.82, 2.24) is 0 Å². The maximum Gasteiger partial charge on any atom is 0.220 e. The molecule has 0 spiro atoms. The summed E-state index contributed by atoms with van der Waals surface area (Å²) in [6.07, 6.45) is -0.469. The van der Waals surface area contributed by atoms with Gasteiger partial charge in [0.2, 0.25) is 5.91 Å². The molecule has 72 valence electrons. The molecule has 0 aliphatic rings. The second-order valence-electron chi connectivity index (χ2n) is 3.27. The summed E-state index contributed by atoms with van der Waals surface area (Å²) >= 11 is 0. The first-order chi connectivity index (χ1) is 5.43. The van der Waals surface area contributed by atoms with Gasteiger partial charge in [0, 0.05) is 5.92 Å². The van der Waals surface area contributed by atoms with E-state index in [-0.39, 0.29) is 0 Å². The average molecular weight is 175 g/mol. The minimum atomic E-state index is -0.554. The van der Waals surface area contributed by atoms with Crippen LogP contribution in [-0.4, -0.2) is 28.3 Å². The highest BCUT2D eigenvalue weighted by Gasteiger charge is 2.19. The number of rotatable bonds is 5. The van der Waals surface area contributed by atoms with Crippen LogP contribution in [-0.2, 0) is 4.79 Å². The highest BCUT2D eigenvalue weighted by atomic mass is 16.3. The molecule has 4 heteroatoms. The van der Waals surface area contributed by atoms with E-state index in [9.17, 15) is 4.79 Å². The van der Waals surface area contributed by atoms with Crippen LogP contribution in [0.15, 0.2) is 0 Å². The Labute approximate surface area is 72.4 Å². The molecule has 0 rings (SSSR count). The van der Waals surface area contributed by atoms with Crippen molar-refractivity contribution in [2.24, 2.45) is 11.7 Å². The van der Waals surface area contributed by atoms with E-state index in [0.29, 0.717) is 12.8 Å². The third kappa shape index (κ3) is 5.09. The lowest BCUT2D eigenvalue weighted by atomic mass is 9.95. The Morgan fingerprint density at radius 3 is 1.75 bits per heavy atom. The van der Waals surface area contributed by atoms with Crippen LogP contribution in [0.25, 0.3) is 0 Å². The van der Waals surface area contributed by atoms with E-state index in [2.05, 4.69) is 0 Å². The lowest BCUT2D eigenvalue weighted by molar-refractivity contribution is -0.123. The maximum absolute atomic E-state index is 10.8. The van der Waals surface area contributed by atoms with Crippen molar-refractivity contribution in [2.45, 2.75) is 38.9 Å². The van der Waals surface area contributed by atoms with E-state index >= 15 is 0 Å². The molecule has 12 heavy (non-hydrogen) atoms. The number of aliphatic hydroxyl groups is 2. The molecule has 0 aliphatic carbocycles. The lowest BCUT2D eigenvalue weighted by Crippen LogP contribution is -2.29. The summed E-state index contributed by atoms with van der Waals surface area (Å²) in [5.74, 6) is -0.887. The van der Waals surface area contributed by atoms with Gasteiger partial charge in [0.25, 0.3) is 0 Å². The molecule has 0 aliphatic heterocycles. The van der Waals surface area contributed by atoms with Crippen molar-refractivity contribution in [3.63, 3.8) is 0 Å². The Morgan fingerprint density at radius 2 is 1.58 bits per heavy atom. The summed E-state index contributed by atoms with van der Waals surface area (Å²) in [7, 11) is 0. The van der Waals surface area contributed by atoms with Crippen LogP contribution in [0.2, 0.25) is 0 Å². The number of carbonyl (C=O) groups excluding carboxylic acids is 1. The van der Waals surface area contributed by atoms with Gasteiger partial charge in [0.1, 0.15) is 0 Å². The molecule has 0 aromatic heterocycles. The number of amides is 1. The molecule has 2 unspecified atom stereocenters. The van der Waals surface area contributed by atoms with Crippen molar-refractivity contribution in [3.8, 4) is 0 Å². The minimum absolute atomic E-state index is 0.320. The zero-order chi connectivity index (χ0) is 9.72. The standard InChI is InChI=1S/C8H17NO3/c1-5(10)3-7(8(9)12)4-6(2)11/h5-7,10-11H,3-4H2,1-2H3,(H2,9,12). The highest BCUT2D eigenvalue weighted by Crippen LogP contribution is 2.13. The molecule has 0 radical (unpaired) electrons. The molecule has 2 atom stereocenters. The third-order valence-electron chi connectivity index (χ3n) is 1.65. The van der Waals surface area contributed by atoms with Crippen molar-refractivity contribution in [1.29, 1.82) is 0 Å². The first-order valence-electron chi connectivity index (χ1n) is 4.09. The fraction of sp³-hybridized carbons (Fsp3) is 0.875. The van der Waals surface area contributed by atoms with Gasteiger partial charge in [-0.25, -0.2) is 0 Å². The van der Waals surface area contributed by atoms with E-state index in [4.69, 9.17) is 15.9 Å². The van der Waals surface area contributed by atoms with Crippen molar-refractivity contribution in [2.75, 3.05) is 0 Å². The lowest BCUT2D eigenvalue weighted by Gasteiger charge is -2.16. The summed E-state index contributed by atoms with van der Waals surface area (Å²) in [5.41, 5.74) is 5.07. The predicted molar refractivity (Wildman–Crippen MR) is 45.3 cm³/mol. The van der Waals surface area contributed by atoms with E-state index in [0.717, 1.165) is 0 Å². The monoisotopic (exact) mass is 175 g/mol. The van der Waals surface area contributed by atoms with Crippen LogP contribution in [0.4, 0.5) is 0 Å². The molecular formula is C8H17NO3. The van der Waals surface area contributed by atoms with Gasteiger partial charge in [0.15, 0.2) is 0 Å². The van der Waals surface area contributed by atoms with Crippen molar-refractivity contribution >= 4 is 5.91 Å². The molecule has 0 heterocycles. The normalized spacial score (nSPS) is 18.3. The van der Waals surface area contributed by atoms with Crippen LogP contribution in [0, 0.1) is 5.92 Å². The first kappa shape index (κ1) is 11.4. The smallest absolute Gasteiger partial charge is 0.220 e. The van der Waals surface area contributed by atoms with Gasteiger partial charge in [-0.3, -0.25) is 4.79 Å². The van der Waals surface area contributed by atoms with E-state index in [1.807, 2.05) is 0 Å². The SMILES string of the molecule is CC(O)CC(CC(C)O)C(N)=O. The van der Waals surface area contributed by atoms with Crippen molar-refractivity contribution in [3.05, 3.63) is 0 Å². The second kappa shape index (κ2) is 5.11. The van der Waals surface area contributed by atoms with Gasteiger partial charge < -0.3 is 15.9 Å². The number of primary amides is 1. The van der Waals surface area contributed by atoms with Crippen molar-refractivity contribution < 1.29 is 15.0 Å². The van der Waals surface area contributed by atoms with Gasteiger partial charge >= 0.3 is 0 Å². The Bertz CT molecular complexity index is 135. The fourth-order valence-electron chi connectivity index (χ4n) is 1.15. The molecule has 0 fully saturated rings. The Morgan fingerprint density at radius 1 is 1.25 bits per heavy atom. The molecule has 0 aromatic rings.